The molecule has 39 heavy (non-hydrogen) atoms. The van der Waals surface area contributed by atoms with Crippen LogP contribution >= 0.6 is 38.9 Å². The zero-order valence-corrected chi connectivity index (χ0v) is 23.6. The number of carbonyl (C=O) groups is 2. The minimum absolute atomic E-state index is 0.215. The molecule has 0 saturated carbocycles. The average Bonchev–Trinajstić information content (AvgIpc) is 3.30. The second-order valence-electron chi connectivity index (χ2n) is 8.22. The molecule has 7 nitrogen and oxygen atoms in total. The summed E-state index contributed by atoms with van der Waals surface area (Å²) in [6.45, 7) is -0.215. The molecule has 5 aromatic rings. The molecule has 1 heterocycles. The monoisotopic (exact) mass is 622 g/mol. The summed E-state index contributed by atoms with van der Waals surface area (Å²) in [5, 5.41) is 7.19. The zero-order valence-electron chi connectivity index (χ0n) is 20.4. The van der Waals surface area contributed by atoms with Crippen LogP contribution < -0.4 is 19.6 Å². The smallest absolute Gasteiger partial charge is 0.355 e. The van der Waals surface area contributed by atoms with E-state index in [2.05, 4.69) is 26.5 Å². The minimum atomic E-state index is -0.578. The molecule has 1 N–H and O–H groups in total. The third kappa shape index (κ3) is 5.90. The third-order valence-electron chi connectivity index (χ3n) is 5.70. The molecule has 0 atom stereocenters. The number of hydrazone groups is 1. The highest BCUT2D eigenvalue weighted by atomic mass is 79.9. The van der Waals surface area contributed by atoms with Gasteiger partial charge in [0.1, 0.15) is 10.6 Å². The summed E-state index contributed by atoms with van der Waals surface area (Å²) in [5.74, 6) is 0.0989. The normalized spacial score (nSPS) is 11.2. The lowest BCUT2D eigenvalue weighted by atomic mass is 10.1. The Labute approximate surface area is 241 Å². The van der Waals surface area contributed by atoms with Gasteiger partial charge in [0.25, 0.3) is 5.91 Å². The number of halogens is 2. The Morgan fingerprint density at radius 3 is 2.51 bits per heavy atom. The Balaban J connectivity index is 1.20. The average molecular weight is 624 g/mol. The molecule has 0 spiro atoms. The second-order valence-corrected chi connectivity index (χ2v) is 10.4. The first-order chi connectivity index (χ1) is 18.9. The lowest BCUT2D eigenvalue weighted by molar-refractivity contribution is -0.123. The number of nitrogens with one attached hydrogen (secondary N) is 1. The van der Waals surface area contributed by atoms with Gasteiger partial charge in [0, 0.05) is 10.1 Å². The number of benzene rings is 4. The van der Waals surface area contributed by atoms with Crippen LogP contribution in [0.15, 0.2) is 88.4 Å². The van der Waals surface area contributed by atoms with Crippen molar-refractivity contribution in [2.45, 2.75) is 0 Å². The summed E-state index contributed by atoms with van der Waals surface area (Å²) in [6, 6.07) is 24.0. The molecule has 0 aliphatic rings. The van der Waals surface area contributed by atoms with E-state index in [4.69, 9.17) is 25.8 Å². The van der Waals surface area contributed by atoms with Crippen molar-refractivity contribution in [2.24, 2.45) is 5.10 Å². The van der Waals surface area contributed by atoms with E-state index in [-0.39, 0.29) is 12.4 Å². The Hall–Kier alpha value is -3.92. The van der Waals surface area contributed by atoms with Gasteiger partial charge in [-0.05, 0) is 62.6 Å². The zero-order chi connectivity index (χ0) is 27.4. The van der Waals surface area contributed by atoms with E-state index in [0.29, 0.717) is 27.0 Å². The first-order valence-corrected chi connectivity index (χ1v) is 13.6. The molecule has 1 aromatic heterocycles. The number of amides is 1. The van der Waals surface area contributed by atoms with Gasteiger partial charge in [-0.3, -0.25) is 4.79 Å². The number of hydrogen-bond donors (Lipinski definition) is 1. The van der Waals surface area contributed by atoms with Crippen molar-refractivity contribution in [1.82, 2.24) is 5.43 Å². The van der Waals surface area contributed by atoms with Gasteiger partial charge in [-0.1, -0.05) is 60.1 Å². The van der Waals surface area contributed by atoms with E-state index in [1.165, 1.54) is 24.7 Å². The summed E-state index contributed by atoms with van der Waals surface area (Å²) >= 11 is 11.2. The molecule has 0 bridgehead atoms. The van der Waals surface area contributed by atoms with Crippen molar-refractivity contribution < 1.29 is 23.8 Å². The van der Waals surface area contributed by atoms with Crippen LogP contribution in [0.2, 0.25) is 5.02 Å². The maximum absolute atomic E-state index is 12.8. The molecular formula is C29H20BrClN2O5S. The molecule has 5 rings (SSSR count). The molecule has 1 amide bonds. The van der Waals surface area contributed by atoms with E-state index in [0.717, 1.165) is 25.3 Å². The number of ether oxygens (including phenoxy) is 3. The number of carbonyl (C=O) groups excluding carboxylic acids is 2. The number of hydrogen-bond acceptors (Lipinski definition) is 7. The van der Waals surface area contributed by atoms with Crippen LogP contribution in [0, 0.1) is 0 Å². The number of rotatable bonds is 8. The van der Waals surface area contributed by atoms with Gasteiger partial charge in [-0.25, -0.2) is 10.2 Å². The van der Waals surface area contributed by atoms with Crippen molar-refractivity contribution in [3.8, 4) is 17.2 Å². The van der Waals surface area contributed by atoms with Crippen LogP contribution in [0.3, 0.4) is 0 Å². The molecule has 0 aliphatic carbocycles. The lowest BCUT2D eigenvalue weighted by Gasteiger charge is -2.10. The van der Waals surface area contributed by atoms with Gasteiger partial charge in [0.05, 0.1) is 22.8 Å². The molecule has 0 radical (unpaired) electrons. The van der Waals surface area contributed by atoms with Crippen molar-refractivity contribution in [2.75, 3.05) is 13.7 Å². The van der Waals surface area contributed by atoms with Crippen LogP contribution in [0.5, 0.6) is 17.2 Å². The second kappa shape index (κ2) is 11.9. The minimum Gasteiger partial charge on any atom is -0.493 e. The fraction of sp³-hybridized carbons (Fsp3) is 0.0690. The number of esters is 1. The van der Waals surface area contributed by atoms with E-state index >= 15 is 0 Å². The SMILES string of the molecule is COc1cc(C=NNC(=O)COc2ccc3ccccc3c2Br)ccc1OC(=O)c1sc2ccccc2c1Cl. The van der Waals surface area contributed by atoms with E-state index in [9.17, 15) is 9.59 Å². The third-order valence-corrected chi connectivity index (χ3v) is 8.17. The van der Waals surface area contributed by atoms with Gasteiger partial charge < -0.3 is 14.2 Å². The molecular weight excluding hydrogens is 604 g/mol. The maximum Gasteiger partial charge on any atom is 0.355 e. The Morgan fingerprint density at radius 1 is 0.974 bits per heavy atom. The predicted octanol–water partition coefficient (Wildman–Crippen LogP) is 7.23. The van der Waals surface area contributed by atoms with Gasteiger partial charge in [0.15, 0.2) is 18.1 Å². The predicted molar refractivity (Wildman–Crippen MR) is 158 cm³/mol. The lowest BCUT2D eigenvalue weighted by Crippen LogP contribution is -2.24. The highest BCUT2D eigenvalue weighted by molar-refractivity contribution is 9.10. The molecule has 0 aliphatic heterocycles. The number of nitrogens with zero attached hydrogens (tertiary/aromatic N) is 1. The van der Waals surface area contributed by atoms with Crippen molar-refractivity contribution >= 4 is 77.8 Å². The van der Waals surface area contributed by atoms with Crippen LogP contribution in [0.4, 0.5) is 0 Å². The first kappa shape index (κ1) is 26.7. The highest BCUT2D eigenvalue weighted by Gasteiger charge is 2.20. The Bertz CT molecular complexity index is 1740. The number of methoxy groups -OCH3 is 1. The largest absolute Gasteiger partial charge is 0.493 e. The van der Waals surface area contributed by atoms with Crippen molar-refractivity contribution in [3.63, 3.8) is 0 Å². The number of fused-ring (bicyclic) bond motifs is 2. The highest BCUT2D eigenvalue weighted by Crippen LogP contribution is 2.37. The van der Waals surface area contributed by atoms with Crippen LogP contribution in [0.1, 0.15) is 15.2 Å². The summed E-state index contributed by atoms with van der Waals surface area (Å²) in [6.07, 6.45) is 1.45. The van der Waals surface area contributed by atoms with Gasteiger partial charge in [-0.15, -0.1) is 11.3 Å². The molecule has 0 unspecified atom stereocenters. The van der Waals surface area contributed by atoms with E-state index in [1.54, 1.807) is 24.3 Å². The Morgan fingerprint density at radius 2 is 1.72 bits per heavy atom. The van der Waals surface area contributed by atoms with Crippen LogP contribution in [-0.2, 0) is 4.79 Å². The first-order valence-electron chi connectivity index (χ1n) is 11.6. The fourth-order valence-corrected chi connectivity index (χ4v) is 5.81. The Kier molecular flexibility index (Phi) is 8.11. The maximum atomic E-state index is 12.8. The fourth-order valence-electron chi connectivity index (χ4n) is 3.82. The van der Waals surface area contributed by atoms with E-state index in [1.807, 2.05) is 54.6 Å². The summed E-state index contributed by atoms with van der Waals surface area (Å²) in [7, 11) is 1.46. The summed E-state index contributed by atoms with van der Waals surface area (Å²) in [4.78, 5) is 25.4. The van der Waals surface area contributed by atoms with Crippen molar-refractivity contribution in [1.29, 1.82) is 0 Å². The molecule has 0 fully saturated rings. The van der Waals surface area contributed by atoms with Gasteiger partial charge in [-0.2, -0.15) is 5.10 Å². The van der Waals surface area contributed by atoms with Gasteiger partial charge >= 0.3 is 5.97 Å². The van der Waals surface area contributed by atoms with Crippen LogP contribution in [0.25, 0.3) is 20.9 Å². The summed E-state index contributed by atoms with van der Waals surface area (Å²) < 4.78 is 18.3. The van der Waals surface area contributed by atoms with Gasteiger partial charge in [0.2, 0.25) is 0 Å². The van der Waals surface area contributed by atoms with E-state index < -0.39 is 11.9 Å². The standard InChI is InChI=1S/C29H20BrClN2O5S/c1-36-23-14-17(10-12-21(23)38-29(35)28-27(31)20-8-4-5-9-24(20)39-28)15-32-33-25(34)16-37-22-13-11-18-6-2-3-7-19(18)26(22)30/h2-15H,16H2,1H3,(H,33,34). The van der Waals surface area contributed by atoms with Crippen LogP contribution in [-0.4, -0.2) is 31.8 Å². The topological polar surface area (TPSA) is 86.2 Å². The molecule has 10 heteroatoms. The molecule has 0 saturated heterocycles. The quantitative estimate of drug-likeness (QED) is 0.0853. The van der Waals surface area contributed by atoms with Crippen molar-refractivity contribution in [3.05, 3.63) is 98.8 Å². The molecule has 196 valence electrons. The molecule has 4 aromatic carbocycles. The summed E-state index contributed by atoms with van der Waals surface area (Å²) in [5.41, 5.74) is 3.05. The number of thiophene rings is 1.